The van der Waals surface area contributed by atoms with E-state index in [4.69, 9.17) is 0 Å². The van der Waals surface area contributed by atoms with Crippen molar-refractivity contribution in [1.82, 2.24) is 0 Å². The van der Waals surface area contributed by atoms with E-state index in [9.17, 15) is 4.79 Å². The van der Waals surface area contributed by atoms with Gasteiger partial charge >= 0.3 is 0 Å². The van der Waals surface area contributed by atoms with Crippen LogP contribution in [-0.2, 0) is 6.42 Å². The molecule has 0 aromatic heterocycles. The molecule has 1 aliphatic rings. The number of fused-ring (bicyclic) bond motifs is 1. The van der Waals surface area contributed by atoms with E-state index in [0.717, 1.165) is 23.0 Å². The minimum absolute atomic E-state index is 0.114. The fourth-order valence-corrected chi connectivity index (χ4v) is 2.73. The van der Waals surface area contributed by atoms with Crippen LogP contribution in [-0.4, -0.2) is 19.4 Å². The maximum Gasteiger partial charge on any atom is 0.161 e. The van der Waals surface area contributed by atoms with Gasteiger partial charge in [-0.25, -0.2) is 0 Å². The fourth-order valence-electron chi connectivity index (χ4n) is 2.06. The summed E-state index contributed by atoms with van der Waals surface area (Å²) in [5.74, 6) is 0.114. The largest absolute Gasteiger partial charge is 0.374 e. The molecule has 0 bridgehead atoms. The van der Waals surface area contributed by atoms with Gasteiger partial charge in [0, 0.05) is 29.3 Å². The van der Waals surface area contributed by atoms with Crippen molar-refractivity contribution < 1.29 is 4.79 Å². The van der Waals surface area contributed by atoms with Crippen LogP contribution in [0.4, 0.5) is 5.69 Å². The van der Waals surface area contributed by atoms with Gasteiger partial charge in [0.15, 0.2) is 5.78 Å². The van der Waals surface area contributed by atoms with E-state index in [2.05, 4.69) is 33.9 Å². The lowest BCUT2D eigenvalue weighted by Gasteiger charge is -2.28. The molecule has 2 nitrogen and oxygen atoms in total. The van der Waals surface area contributed by atoms with Crippen molar-refractivity contribution in [3.63, 3.8) is 0 Å². The van der Waals surface area contributed by atoms with Crippen molar-refractivity contribution in [1.29, 1.82) is 0 Å². The standard InChI is InChI=1S/C12H14BrNO/c1-8(15)10-7-12-9(6-11(10)13)4-3-5-14(12)2/h6-7H,3-5H2,1-2H3. The normalized spacial score (nSPS) is 15.0. The molecule has 0 radical (unpaired) electrons. The van der Waals surface area contributed by atoms with E-state index in [1.165, 1.54) is 17.7 Å². The van der Waals surface area contributed by atoms with Gasteiger partial charge < -0.3 is 4.90 Å². The predicted octanol–water partition coefficient (Wildman–Crippen LogP) is 3.03. The number of halogens is 1. The number of hydrogen-bond donors (Lipinski definition) is 0. The third-order valence-corrected chi connectivity index (χ3v) is 3.55. The van der Waals surface area contributed by atoms with Gasteiger partial charge in [-0.3, -0.25) is 4.79 Å². The number of aryl methyl sites for hydroxylation is 1. The highest BCUT2D eigenvalue weighted by molar-refractivity contribution is 9.10. The molecule has 0 aliphatic carbocycles. The SMILES string of the molecule is CC(=O)c1cc2c(cc1Br)CCCN2C. The lowest BCUT2D eigenvalue weighted by atomic mass is 9.99. The van der Waals surface area contributed by atoms with Crippen LogP contribution >= 0.6 is 15.9 Å². The second-order valence-corrected chi connectivity index (χ2v) is 4.90. The molecule has 1 heterocycles. The monoisotopic (exact) mass is 267 g/mol. The van der Waals surface area contributed by atoms with Crippen LogP contribution in [0.15, 0.2) is 16.6 Å². The summed E-state index contributed by atoms with van der Waals surface area (Å²) >= 11 is 3.46. The Morgan fingerprint density at radius 2 is 2.20 bits per heavy atom. The molecule has 1 aliphatic heterocycles. The minimum atomic E-state index is 0.114. The first-order valence-electron chi connectivity index (χ1n) is 5.14. The maximum absolute atomic E-state index is 11.4. The molecule has 80 valence electrons. The Labute approximate surface area is 98.4 Å². The van der Waals surface area contributed by atoms with Gasteiger partial charge in [0.2, 0.25) is 0 Å². The molecule has 1 aromatic rings. The van der Waals surface area contributed by atoms with Crippen molar-refractivity contribution in [2.75, 3.05) is 18.5 Å². The maximum atomic E-state index is 11.4. The zero-order valence-corrected chi connectivity index (χ0v) is 10.6. The first kappa shape index (κ1) is 10.7. The summed E-state index contributed by atoms with van der Waals surface area (Å²) in [6, 6.07) is 4.09. The number of anilines is 1. The molecule has 0 saturated carbocycles. The van der Waals surface area contributed by atoms with Crippen LogP contribution in [0.2, 0.25) is 0 Å². The highest BCUT2D eigenvalue weighted by Crippen LogP contribution is 2.31. The van der Waals surface area contributed by atoms with Crippen molar-refractivity contribution >= 4 is 27.4 Å². The topological polar surface area (TPSA) is 20.3 Å². The van der Waals surface area contributed by atoms with Gasteiger partial charge in [0.05, 0.1) is 0 Å². The quantitative estimate of drug-likeness (QED) is 0.730. The van der Waals surface area contributed by atoms with Gasteiger partial charge in [-0.15, -0.1) is 0 Å². The molecule has 2 rings (SSSR count). The number of nitrogens with zero attached hydrogens (tertiary/aromatic N) is 1. The van der Waals surface area contributed by atoms with Crippen LogP contribution in [0.5, 0.6) is 0 Å². The third kappa shape index (κ3) is 1.93. The Balaban J connectivity index is 2.55. The van der Waals surface area contributed by atoms with Gasteiger partial charge in [0.1, 0.15) is 0 Å². The molecule has 0 atom stereocenters. The minimum Gasteiger partial charge on any atom is -0.374 e. The molecular weight excluding hydrogens is 254 g/mol. The summed E-state index contributed by atoms with van der Waals surface area (Å²) in [5, 5.41) is 0. The molecule has 0 fully saturated rings. The number of carbonyl (C=O) groups is 1. The van der Waals surface area contributed by atoms with Crippen LogP contribution < -0.4 is 4.90 Å². The molecule has 1 aromatic carbocycles. The Hall–Kier alpha value is -0.830. The molecule has 0 unspecified atom stereocenters. The molecule has 3 heteroatoms. The van der Waals surface area contributed by atoms with E-state index in [1.807, 2.05) is 6.07 Å². The average molecular weight is 268 g/mol. The van der Waals surface area contributed by atoms with E-state index < -0.39 is 0 Å². The second-order valence-electron chi connectivity index (χ2n) is 4.04. The second kappa shape index (κ2) is 3.97. The summed E-state index contributed by atoms with van der Waals surface area (Å²) in [4.78, 5) is 13.6. The summed E-state index contributed by atoms with van der Waals surface area (Å²) in [6.45, 7) is 2.68. The van der Waals surface area contributed by atoms with E-state index in [1.54, 1.807) is 6.92 Å². The van der Waals surface area contributed by atoms with Crippen molar-refractivity contribution in [3.05, 3.63) is 27.7 Å². The third-order valence-electron chi connectivity index (χ3n) is 2.90. The number of benzene rings is 1. The van der Waals surface area contributed by atoms with Crippen molar-refractivity contribution in [2.24, 2.45) is 0 Å². The van der Waals surface area contributed by atoms with Crippen LogP contribution in [0.3, 0.4) is 0 Å². The van der Waals surface area contributed by atoms with E-state index >= 15 is 0 Å². The molecule has 15 heavy (non-hydrogen) atoms. The number of rotatable bonds is 1. The smallest absolute Gasteiger partial charge is 0.161 e. The van der Waals surface area contributed by atoms with Gasteiger partial charge in [-0.1, -0.05) is 15.9 Å². The van der Waals surface area contributed by atoms with Crippen molar-refractivity contribution in [3.8, 4) is 0 Å². The Morgan fingerprint density at radius 3 is 2.87 bits per heavy atom. The lowest BCUT2D eigenvalue weighted by molar-refractivity contribution is 0.101. The molecule has 0 amide bonds. The first-order valence-corrected chi connectivity index (χ1v) is 5.93. The molecule has 0 N–H and O–H groups in total. The summed E-state index contributed by atoms with van der Waals surface area (Å²) in [6.07, 6.45) is 2.30. The van der Waals surface area contributed by atoms with E-state index in [-0.39, 0.29) is 5.78 Å². The molecule has 0 spiro atoms. The summed E-state index contributed by atoms with van der Waals surface area (Å²) < 4.78 is 0.920. The van der Waals surface area contributed by atoms with Gasteiger partial charge in [-0.05, 0) is 37.5 Å². The van der Waals surface area contributed by atoms with Gasteiger partial charge in [-0.2, -0.15) is 0 Å². The number of hydrogen-bond acceptors (Lipinski definition) is 2. The predicted molar refractivity (Wildman–Crippen MR) is 65.7 cm³/mol. The summed E-state index contributed by atoms with van der Waals surface area (Å²) in [7, 11) is 2.08. The summed E-state index contributed by atoms with van der Waals surface area (Å²) in [5.41, 5.74) is 3.32. The lowest BCUT2D eigenvalue weighted by Crippen LogP contribution is -2.25. The van der Waals surface area contributed by atoms with Gasteiger partial charge in [0.25, 0.3) is 0 Å². The Bertz CT molecular complexity index is 414. The Morgan fingerprint density at radius 1 is 1.47 bits per heavy atom. The molecule has 0 saturated heterocycles. The number of Topliss-reactive ketones (excluding diaryl/α,β-unsaturated/α-hetero) is 1. The average Bonchev–Trinajstić information content (AvgIpc) is 2.16. The fraction of sp³-hybridized carbons (Fsp3) is 0.417. The highest BCUT2D eigenvalue weighted by Gasteiger charge is 2.17. The first-order chi connectivity index (χ1) is 7.09. The number of carbonyl (C=O) groups excluding carboxylic acids is 1. The van der Waals surface area contributed by atoms with Crippen LogP contribution in [0.1, 0.15) is 29.3 Å². The van der Waals surface area contributed by atoms with Crippen molar-refractivity contribution in [2.45, 2.75) is 19.8 Å². The van der Waals surface area contributed by atoms with Crippen LogP contribution in [0, 0.1) is 0 Å². The molecular formula is C12H14BrNO. The zero-order valence-electron chi connectivity index (χ0n) is 9.01. The Kier molecular flexibility index (Phi) is 2.83. The number of ketones is 1. The van der Waals surface area contributed by atoms with Crippen LogP contribution in [0.25, 0.3) is 0 Å². The highest BCUT2D eigenvalue weighted by atomic mass is 79.9. The zero-order chi connectivity index (χ0) is 11.0. The van der Waals surface area contributed by atoms with E-state index in [0.29, 0.717) is 0 Å².